The van der Waals surface area contributed by atoms with Crippen LogP contribution in [0.4, 0.5) is 0 Å². The number of hydrogen-bond acceptors (Lipinski definition) is 3. The van der Waals surface area contributed by atoms with Crippen molar-refractivity contribution in [2.45, 2.75) is 32.2 Å². The van der Waals surface area contributed by atoms with Gasteiger partial charge in [0.25, 0.3) is 0 Å². The fourth-order valence-corrected chi connectivity index (χ4v) is 2.32. The molecule has 1 aliphatic rings. The molecule has 1 heterocycles. The predicted octanol–water partition coefficient (Wildman–Crippen LogP) is 2.19. The number of ketones is 1. The highest BCUT2D eigenvalue weighted by atomic mass is 16.5. The van der Waals surface area contributed by atoms with E-state index >= 15 is 0 Å². The molecule has 1 aliphatic heterocycles. The van der Waals surface area contributed by atoms with E-state index in [9.17, 15) is 4.79 Å². The molecule has 0 amide bonds. The zero-order chi connectivity index (χ0) is 12.3. The first kappa shape index (κ1) is 12.1. The normalized spacial score (nSPS) is 19.3. The van der Waals surface area contributed by atoms with Crippen LogP contribution in [0, 0.1) is 0 Å². The van der Waals surface area contributed by atoms with Crippen LogP contribution in [0.5, 0.6) is 5.75 Å². The maximum atomic E-state index is 12.2. The van der Waals surface area contributed by atoms with E-state index in [4.69, 9.17) is 4.74 Å². The molecule has 0 saturated carbocycles. The van der Waals surface area contributed by atoms with Crippen molar-refractivity contribution >= 4 is 5.78 Å². The first-order valence-electron chi connectivity index (χ1n) is 6.20. The van der Waals surface area contributed by atoms with E-state index in [1.807, 2.05) is 18.2 Å². The monoisotopic (exact) mass is 233 g/mol. The lowest BCUT2D eigenvalue weighted by molar-refractivity contribution is 0.0952. The molecule has 0 spiro atoms. The fraction of sp³-hybridized carbons (Fsp3) is 0.500. The highest BCUT2D eigenvalue weighted by molar-refractivity contribution is 6.00. The number of benzene rings is 1. The Hall–Kier alpha value is -1.35. The topological polar surface area (TPSA) is 38.3 Å². The Morgan fingerprint density at radius 3 is 2.94 bits per heavy atom. The van der Waals surface area contributed by atoms with Gasteiger partial charge in [0.1, 0.15) is 5.75 Å². The van der Waals surface area contributed by atoms with E-state index in [2.05, 4.69) is 12.2 Å². The molecule has 1 atom stereocenters. The second kappa shape index (κ2) is 5.32. The first-order chi connectivity index (χ1) is 8.26. The highest BCUT2D eigenvalue weighted by Gasteiger charge is 2.23. The number of Topliss-reactive ketones (excluding diaryl/α,β-unsaturated/α-hetero) is 1. The SMILES string of the molecule is CCc1cc(C(=O)C2CCCN2)ccc1OC. The van der Waals surface area contributed by atoms with Gasteiger partial charge in [-0.15, -0.1) is 0 Å². The standard InChI is InChI=1S/C14H19NO2/c1-3-10-9-11(6-7-13(10)17-2)14(16)12-5-4-8-15-12/h6-7,9,12,15H,3-5,8H2,1-2H3. The summed E-state index contributed by atoms with van der Waals surface area (Å²) < 4.78 is 5.27. The molecule has 0 aliphatic carbocycles. The van der Waals surface area contributed by atoms with Gasteiger partial charge in [-0.25, -0.2) is 0 Å². The van der Waals surface area contributed by atoms with Crippen molar-refractivity contribution in [3.63, 3.8) is 0 Å². The summed E-state index contributed by atoms with van der Waals surface area (Å²) in [4.78, 5) is 12.2. The minimum Gasteiger partial charge on any atom is -0.496 e. The summed E-state index contributed by atoms with van der Waals surface area (Å²) in [5.74, 6) is 1.07. The van der Waals surface area contributed by atoms with E-state index in [0.29, 0.717) is 0 Å². The number of nitrogens with one attached hydrogen (secondary N) is 1. The Labute approximate surface area is 102 Å². The Balaban J connectivity index is 2.23. The van der Waals surface area contributed by atoms with Crippen LogP contribution in [0.1, 0.15) is 35.7 Å². The lowest BCUT2D eigenvalue weighted by Gasteiger charge is -2.12. The second-order valence-electron chi connectivity index (χ2n) is 4.39. The van der Waals surface area contributed by atoms with Gasteiger partial charge in [0.05, 0.1) is 13.2 Å². The molecule has 1 N–H and O–H groups in total. The van der Waals surface area contributed by atoms with Crippen molar-refractivity contribution in [3.05, 3.63) is 29.3 Å². The summed E-state index contributed by atoms with van der Waals surface area (Å²) in [6, 6.07) is 5.72. The van der Waals surface area contributed by atoms with Crippen LogP contribution in [0.25, 0.3) is 0 Å². The molecule has 1 saturated heterocycles. The molecule has 1 unspecified atom stereocenters. The van der Waals surface area contributed by atoms with Gasteiger partial charge in [-0.1, -0.05) is 6.92 Å². The van der Waals surface area contributed by atoms with E-state index in [-0.39, 0.29) is 11.8 Å². The Morgan fingerprint density at radius 1 is 1.53 bits per heavy atom. The summed E-state index contributed by atoms with van der Waals surface area (Å²) in [6.45, 7) is 3.02. The van der Waals surface area contributed by atoms with Crippen molar-refractivity contribution < 1.29 is 9.53 Å². The molecule has 0 aromatic heterocycles. The van der Waals surface area contributed by atoms with Crippen LogP contribution in [-0.2, 0) is 6.42 Å². The van der Waals surface area contributed by atoms with Crippen LogP contribution >= 0.6 is 0 Å². The van der Waals surface area contributed by atoms with Gasteiger partial charge in [0, 0.05) is 5.56 Å². The Morgan fingerprint density at radius 2 is 2.35 bits per heavy atom. The smallest absolute Gasteiger partial charge is 0.179 e. The Bertz CT molecular complexity index is 409. The van der Waals surface area contributed by atoms with Gasteiger partial charge in [-0.3, -0.25) is 4.79 Å². The van der Waals surface area contributed by atoms with Gasteiger partial charge in [0.2, 0.25) is 0 Å². The third-order valence-electron chi connectivity index (χ3n) is 3.32. The highest BCUT2D eigenvalue weighted by Crippen LogP contribution is 2.22. The molecular formula is C14H19NO2. The van der Waals surface area contributed by atoms with Crippen LogP contribution in [-0.4, -0.2) is 25.5 Å². The molecule has 3 nitrogen and oxygen atoms in total. The maximum Gasteiger partial charge on any atom is 0.179 e. The minimum atomic E-state index is 0.00750. The van der Waals surface area contributed by atoms with Crippen LogP contribution in [0.15, 0.2) is 18.2 Å². The fourth-order valence-electron chi connectivity index (χ4n) is 2.32. The average Bonchev–Trinajstić information content (AvgIpc) is 2.90. The summed E-state index contributed by atoms with van der Waals surface area (Å²) in [5.41, 5.74) is 1.89. The number of carbonyl (C=O) groups excluding carboxylic acids is 1. The number of carbonyl (C=O) groups is 1. The summed E-state index contributed by atoms with van der Waals surface area (Å²) in [7, 11) is 1.66. The third kappa shape index (κ3) is 2.50. The Kier molecular flexibility index (Phi) is 3.79. The zero-order valence-corrected chi connectivity index (χ0v) is 10.5. The number of ether oxygens (including phenoxy) is 1. The van der Waals surface area contributed by atoms with E-state index in [0.717, 1.165) is 42.7 Å². The number of methoxy groups -OCH3 is 1. The summed E-state index contributed by atoms with van der Waals surface area (Å²) in [6.07, 6.45) is 2.92. The molecule has 0 radical (unpaired) electrons. The van der Waals surface area contributed by atoms with Crippen molar-refractivity contribution in [1.82, 2.24) is 5.32 Å². The molecule has 1 aromatic rings. The minimum absolute atomic E-state index is 0.00750. The third-order valence-corrected chi connectivity index (χ3v) is 3.32. The van der Waals surface area contributed by atoms with Crippen molar-refractivity contribution in [3.8, 4) is 5.75 Å². The lowest BCUT2D eigenvalue weighted by atomic mass is 9.99. The van der Waals surface area contributed by atoms with Gasteiger partial charge in [-0.05, 0) is 49.6 Å². The zero-order valence-electron chi connectivity index (χ0n) is 10.5. The maximum absolute atomic E-state index is 12.2. The summed E-state index contributed by atoms with van der Waals surface area (Å²) >= 11 is 0. The molecule has 1 fully saturated rings. The molecular weight excluding hydrogens is 214 g/mol. The molecule has 1 aromatic carbocycles. The number of rotatable bonds is 4. The molecule has 2 rings (SSSR count). The number of hydrogen-bond donors (Lipinski definition) is 1. The average molecular weight is 233 g/mol. The van der Waals surface area contributed by atoms with E-state index in [1.54, 1.807) is 7.11 Å². The molecule has 92 valence electrons. The van der Waals surface area contributed by atoms with Crippen LogP contribution < -0.4 is 10.1 Å². The largest absolute Gasteiger partial charge is 0.496 e. The summed E-state index contributed by atoms with van der Waals surface area (Å²) in [5, 5.41) is 3.24. The molecule has 0 bridgehead atoms. The lowest BCUT2D eigenvalue weighted by Crippen LogP contribution is -2.30. The van der Waals surface area contributed by atoms with E-state index < -0.39 is 0 Å². The molecule has 17 heavy (non-hydrogen) atoms. The molecule has 3 heteroatoms. The van der Waals surface area contributed by atoms with Gasteiger partial charge in [0.15, 0.2) is 5.78 Å². The predicted molar refractivity (Wildman–Crippen MR) is 67.7 cm³/mol. The van der Waals surface area contributed by atoms with Crippen LogP contribution in [0.3, 0.4) is 0 Å². The quantitative estimate of drug-likeness (QED) is 0.810. The van der Waals surface area contributed by atoms with Crippen LogP contribution in [0.2, 0.25) is 0 Å². The second-order valence-corrected chi connectivity index (χ2v) is 4.39. The van der Waals surface area contributed by atoms with Gasteiger partial charge < -0.3 is 10.1 Å². The van der Waals surface area contributed by atoms with Gasteiger partial charge >= 0.3 is 0 Å². The van der Waals surface area contributed by atoms with Gasteiger partial charge in [-0.2, -0.15) is 0 Å². The van der Waals surface area contributed by atoms with E-state index in [1.165, 1.54) is 0 Å². The van der Waals surface area contributed by atoms with Crippen molar-refractivity contribution in [2.75, 3.05) is 13.7 Å². The van der Waals surface area contributed by atoms with Crippen molar-refractivity contribution in [1.29, 1.82) is 0 Å². The number of aryl methyl sites for hydroxylation is 1. The first-order valence-corrected chi connectivity index (χ1v) is 6.20. The van der Waals surface area contributed by atoms with Crippen molar-refractivity contribution in [2.24, 2.45) is 0 Å².